The SMILES string of the molecule is CC(C)(C)NC(=O)CCNC(=O)C1CCCC(C(=O)O)C1. The molecule has 2 atom stereocenters. The molecule has 0 aromatic rings. The van der Waals surface area contributed by atoms with Gasteiger partial charge in [-0.2, -0.15) is 0 Å². The second-order valence-electron chi connectivity index (χ2n) is 6.74. The topological polar surface area (TPSA) is 95.5 Å². The molecule has 2 amide bonds. The summed E-state index contributed by atoms with van der Waals surface area (Å²) in [6.45, 7) is 5.99. The summed E-state index contributed by atoms with van der Waals surface area (Å²) in [7, 11) is 0. The molecule has 21 heavy (non-hydrogen) atoms. The lowest BCUT2D eigenvalue weighted by atomic mass is 9.81. The third-order valence-electron chi connectivity index (χ3n) is 3.56. The molecule has 0 spiro atoms. The number of carbonyl (C=O) groups is 3. The average Bonchev–Trinajstić information content (AvgIpc) is 2.36. The first-order valence-corrected chi connectivity index (χ1v) is 7.50. The monoisotopic (exact) mass is 298 g/mol. The van der Waals surface area contributed by atoms with Crippen molar-refractivity contribution >= 4 is 17.8 Å². The Kier molecular flexibility index (Phi) is 6.18. The molecule has 3 N–H and O–H groups in total. The van der Waals surface area contributed by atoms with E-state index < -0.39 is 11.9 Å². The van der Waals surface area contributed by atoms with Crippen molar-refractivity contribution in [1.29, 1.82) is 0 Å². The van der Waals surface area contributed by atoms with Crippen LogP contribution in [0.1, 0.15) is 52.9 Å². The van der Waals surface area contributed by atoms with E-state index in [9.17, 15) is 14.4 Å². The number of nitrogens with one attached hydrogen (secondary N) is 2. The van der Waals surface area contributed by atoms with Crippen molar-refractivity contribution in [3.05, 3.63) is 0 Å². The van der Waals surface area contributed by atoms with Crippen LogP contribution < -0.4 is 10.6 Å². The zero-order chi connectivity index (χ0) is 16.0. The van der Waals surface area contributed by atoms with E-state index in [0.717, 1.165) is 12.8 Å². The first-order valence-electron chi connectivity index (χ1n) is 7.50. The van der Waals surface area contributed by atoms with E-state index in [1.165, 1.54) is 0 Å². The van der Waals surface area contributed by atoms with Crippen LogP contribution >= 0.6 is 0 Å². The molecule has 0 bridgehead atoms. The van der Waals surface area contributed by atoms with E-state index in [1.54, 1.807) is 0 Å². The van der Waals surface area contributed by atoms with E-state index in [-0.39, 0.29) is 36.2 Å². The van der Waals surface area contributed by atoms with Crippen molar-refractivity contribution in [3.8, 4) is 0 Å². The average molecular weight is 298 g/mol. The van der Waals surface area contributed by atoms with Crippen molar-refractivity contribution in [3.63, 3.8) is 0 Å². The summed E-state index contributed by atoms with van der Waals surface area (Å²) in [5.41, 5.74) is -0.279. The van der Waals surface area contributed by atoms with E-state index in [1.807, 2.05) is 20.8 Å². The van der Waals surface area contributed by atoms with Gasteiger partial charge in [0, 0.05) is 24.4 Å². The van der Waals surface area contributed by atoms with Crippen LogP contribution in [0.5, 0.6) is 0 Å². The molecule has 6 heteroatoms. The quantitative estimate of drug-likeness (QED) is 0.713. The van der Waals surface area contributed by atoms with E-state index >= 15 is 0 Å². The second kappa shape index (κ2) is 7.43. The highest BCUT2D eigenvalue weighted by molar-refractivity contribution is 5.81. The van der Waals surface area contributed by atoms with Crippen molar-refractivity contribution in [2.45, 2.75) is 58.4 Å². The Bertz CT molecular complexity index is 401. The van der Waals surface area contributed by atoms with Crippen molar-refractivity contribution < 1.29 is 19.5 Å². The minimum atomic E-state index is -0.822. The second-order valence-corrected chi connectivity index (χ2v) is 6.74. The van der Waals surface area contributed by atoms with Gasteiger partial charge >= 0.3 is 5.97 Å². The third-order valence-corrected chi connectivity index (χ3v) is 3.56. The highest BCUT2D eigenvalue weighted by atomic mass is 16.4. The van der Waals surface area contributed by atoms with Gasteiger partial charge in [-0.15, -0.1) is 0 Å². The highest BCUT2D eigenvalue weighted by Crippen LogP contribution is 2.29. The molecular formula is C15H26N2O4. The van der Waals surface area contributed by atoms with Crippen LogP contribution in [0.15, 0.2) is 0 Å². The molecular weight excluding hydrogens is 272 g/mol. The van der Waals surface area contributed by atoms with Crippen LogP contribution in [-0.4, -0.2) is 35.0 Å². The molecule has 1 fully saturated rings. The molecule has 0 aliphatic heterocycles. The number of carbonyl (C=O) groups excluding carboxylic acids is 2. The van der Waals surface area contributed by atoms with E-state index in [0.29, 0.717) is 12.8 Å². The fourth-order valence-electron chi connectivity index (χ4n) is 2.58. The third kappa shape index (κ3) is 6.60. The number of carboxylic acids is 1. The summed E-state index contributed by atoms with van der Waals surface area (Å²) >= 11 is 0. The molecule has 120 valence electrons. The van der Waals surface area contributed by atoms with E-state index in [4.69, 9.17) is 5.11 Å². The van der Waals surface area contributed by atoms with Gasteiger partial charge < -0.3 is 15.7 Å². The smallest absolute Gasteiger partial charge is 0.306 e. The highest BCUT2D eigenvalue weighted by Gasteiger charge is 2.30. The van der Waals surface area contributed by atoms with Gasteiger partial charge in [-0.3, -0.25) is 14.4 Å². The normalized spacial score (nSPS) is 22.4. The molecule has 0 radical (unpaired) electrons. The van der Waals surface area contributed by atoms with E-state index in [2.05, 4.69) is 10.6 Å². The van der Waals surface area contributed by atoms with Crippen molar-refractivity contribution in [1.82, 2.24) is 10.6 Å². The number of hydrogen-bond donors (Lipinski definition) is 3. The minimum absolute atomic E-state index is 0.102. The number of amides is 2. The summed E-state index contributed by atoms with van der Waals surface area (Å²) in [4.78, 5) is 34.6. The van der Waals surface area contributed by atoms with Gasteiger partial charge in [-0.05, 0) is 40.0 Å². The molecule has 0 aromatic heterocycles. The summed E-state index contributed by atoms with van der Waals surface area (Å²) in [6, 6.07) is 0. The fourth-order valence-corrected chi connectivity index (χ4v) is 2.58. The molecule has 0 saturated heterocycles. The Labute approximate surface area is 125 Å². The first kappa shape index (κ1) is 17.5. The number of aliphatic carboxylic acids is 1. The molecule has 6 nitrogen and oxygen atoms in total. The van der Waals surface area contributed by atoms with Gasteiger partial charge in [-0.25, -0.2) is 0 Å². The maximum Gasteiger partial charge on any atom is 0.306 e. The zero-order valence-electron chi connectivity index (χ0n) is 13.1. The Hall–Kier alpha value is -1.59. The predicted octanol–water partition coefficient (Wildman–Crippen LogP) is 1.30. The Morgan fingerprint density at radius 2 is 1.76 bits per heavy atom. The molecule has 1 aliphatic carbocycles. The Morgan fingerprint density at radius 1 is 1.14 bits per heavy atom. The van der Waals surface area contributed by atoms with Crippen LogP contribution in [0.2, 0.25) is 0 Å². The summed E-state index contributed by atoms with van der Waals surface area (Å²) in [5.74, 6) is -1.72. The lowest BCUT2D eigenvalue weighted by Gasteiger charge is -2.25. The van der Waals surface area contributed by atoms with Gasteiger partial charge in [0.15, 0.2) is 0 Å². The summed E-state index contributed by atoms with van der Waals surface area (Å²) in [6.07, 6.45) is 2.77. The maximum atomic E-state index is 12.0. The van der Waals surface area contributed by atoms with Gasteiger partial charge in [-0.1, -0.05) is 6.42 Å². The molecule has 1 saturated carbocycles. The summed E-state index contributed by atoms with van der Waals surface area (Å²) in [5, 5.41) is 14.6. The molecule has 0 aromatic carbocycles. The standard InChI is InChI=1S/C15H26N2O4/c1-15(2,3)17-12(18)7-8-16-13(19)10-5-4-6-11(9-10)14(20)21/h10-11H,4-9H2,1-3H3,(H,16,19)(H,17,18)(H,20,21). The summed E-state index contributed by atoms with van der Waals surface area (Å²) < 4.78 is 0. The Balaban J connectivity index is 2.30. The number of rotatable bonds is 5. The first-order chi connectivity index (χ1) is 9.69. The van der Waals surface area contributed by atoms with Crippen molar-refractivity contribution in [2.75, 3.05) is 6.54 Å². The lowest BCUT2D eigenvalue weighted by molar-refractivity contribution is -0.144. The van der Waals surface area contributed by atoms with Gasteiger partial charge in [0.1, 0.15) is 0 Å². The zero-order valence-corrected chi connectivity index (χ0v) is 13.1. The fraction of sp³-hybridized carbons (Fsp3) is 0.800. The van der Waals surface area contributed by atoms with Gasteiger partial charge in [0.2, 0.25) is 11.8 Å². The van der Waals surface area contributed by atoms with Crippen LogP contribution in [0.4, 0.5) is 0 Å². The van der Waals surface area contributed by atoms with Crippen molar-refractivity contribution in [2.24, 2.45) is 11.8 Å². The molecule has 1 rings (SSSR count). The minimum Gasteiger partial charge on any atom is -0.481 e. The Morgan fingerprint density at radius 3 is 2.33 bits per heavy atom. The van der Waals surface area contributed by atoms with Crippen LogP contribution in [0.25, 0.3) is 0 Å². The van der Waals surface area contributed by atoms with Crippen LogP contribution in [0.3, 0.4) is 0 Å². The molecule has 0 heterocycles. The number of carboxylic acid groups (broad SMARTS) is 1. The number of hydrogen-bond acceptors (Lipinski definition) is 3. The van der Waals surface area contributed by atoms with Crippen LogP contribution in [0, 0.1) is 11.8 Å². The van der Waals surface area contributed by atoms with Crippen LogP contribution in [-0.2, 0) is 14.4 Å². The van der Waals surface area contributed by atoms with Gasteiger partial charge in [0.05, 0.1) is 5.92 Å². The maximum absolute atomic E-state index is 12.0. The largest absolute Gasteiger partial charge is 0.481 e. The molecule has 2 unspecified atom stereocenters. The lowest BCUT2D eigenvalue weighted by Crippen LogP contribution is -2.42. The van der Waals surface area contributed by atoms with Gasteiger partial charge in [0.25, 0.3) is 0 Å². The molecule has 1 aliphatic rings. The predicted molar refractivity (Wildman–Crippen MR) is 78.6 cm³/mol.